The molecule has 0 spiro atoms. The van der Waals surface area contributed by atoms with E-state index in [4.69, 9.17) is 9.16 Å². The summed E-state index contributed by atoms with van der Waals surface area (Å²) in [7, 11) is -1.50. The number of methoxy groups -OCH3 is 1. The van der Waals surface area contributed by atoms with Gasteiger partial charge in [0, 0.05) is 18.2 Å². The van der Waals surface area contributed by atoms with Crippen molar-refractivity contribution in [2.24, 2.45) is 4.40 Å². The summed E-state index contributed by atoms with van der Waals surface area (Å²) in [4.78, 5) is 0. The fourth-order valence-electron chi connectivity index (χ4n) is 2.61. The molecule has 0 aliphatic heterocycles. The van der Waals surface area contributed by atoms with E-state index in [9.17, 15) is 4.21 Å². The molecule has 1 atom stereocenters. The molecule has 1 aromatic carbocycles. The van der Waals surface area contributed by atoms with Crippen LogP contribution in [-0.2, 0) is 28.4 Å². The maximum Gasteiger partial charge on any atom is 0.192 e. The summed E-state index contributed by atoms with van der Waals surface area (Å²) < 4.78 is 30.4. The maximum absolute atomic E-state index is 12.8. The zero-order valence-corrected chi connectivity index (χ0v) is 22.9. The quantitative estimate of drug-likeness (QED) is 0.358. The smallest absolute Gasteiger partial charge is 0.192 e. The largest absolute Gasteiger partial charge is 0.497 e. The number of hydrogen-bond acceptors (Lipinski definition) is 4. The number of rotatable bonds is 9. The van der Waals surface area contributed by atoms with Crippen LogP contribution >= 0.6 is 0 Å². The molecule has 0 N–H and O–H groups in total. The van der Waals surface area contributed by atoms with E-state index < -0.39 is 24.1 Å². The maximum atomic E-state index is 12.8. The summed E-state index contributed by atoms with van der Waals surface area (Å²) in [6.45, 7) is 18.3. The summed E-state index contributed by atoms with van der Waals surface area (Å²) >= 11 is 0. The van der Waals surface area contributed by atoms with E-state index in [-0.39, 0.29) is 5.04 Å². The predicted octanol–water partition coefficient (Wildman–Crippen LogP) is 5.41. The second kappa shape index (κ2) is 10.4. The first-order valence-electron chi connectivity index (χ1n) is 11.0. The molecule has 0 bridgehead atoms. The topological polar surface area (TPSA) is 65.7 Å². The zero-order chi connectivity index (χ0) is 24.2. The van der Waals surface area contributed by atoms with Gasteiger partial charge in [0.2, 0.25) is 0 Å². The molecule has 32 heavy (non-hydrogen) atoms. The van der Waals surface area contributed by atoms with E-state index in [1.165, 1.54) is 0 Å². The van der Waals surface area contributed by atoms with E-state index in [2.05, 4.69) is 43.4 Å². The molecule has 2 aromatic rings. The molecular weight excluding hydrogens is 438 g/mol. The van der Waals surface area contributed by atoms with Crippen LogP contribution in [0, 0.1) is 0 Å². The molecular formula is C24H39N3O3SSi. The Bertz CT molecular complexity index is 939. The summed E-state index contributed by atoms with van der Waals surface area (Å²) in [6, 6.07) is 7.86. The average Bonchev–Trinajstić information content (AvgIpc) is 3.15. The van der Waals surface area contributed by atoms with Crippen LogP contribution in [0.3, 0.4) is 0 Å². The van der Waals surface area contributed by atoms with Crippen LogP contribution in [0.1, 0.15) is 52.7 Å². The molecule has 0 amide bonds. The summed E-state index contributed by atoms with van der Waals surface area (Å²) in [5.74, 6) is 0.806. The van der Waals surface area contributed by atoms with Gasteiger partial charge < -0.3 is 9.16 Å². The van der Waals surface area contributed by atoms with Gasteiger partial charge in [-0.2, -0.15) is 9.50 Å². The third-order valence-electron chi connectivity index (χ3n) is 5.80. The highest BCUT2D eigenvalue weighted by Gasteiger charge is 2.36. The molecule has 6 nitrogen and oxygen atoms in total. The van der Waals surface area contributed by atoms with Crippen LogP contribution in [-0.4, -0.2) is 46.5 Å². The van der Waals surface area contributed by atoms with E-state index >= 15 is 0 Å². The van der Waals surface area contributed by atoms with Gasteiger partial charge in [0.25, 0.3) is 0 Å². The van der Waals surface area contributed by atoms with Crippen molar-refractivity contribution in [2.75, 3.05) is 13.7 Å². The summed E-state index contributed by atoms with van der Waals surface area (Å²) in [5.41, 5.74) is 2.72. The van der Waals surface area contributed by atoms with Crippen LogP contribution in [0.5, 0.6) is 5.75 Å². The molecule has 8 heteroatoms. The second-order valence-corrected chi connectivity index (χ2v) is 17.2. The normalized spacial score (nSPS) is 14.5. The number of aromatic nitrogens is 2. The van der Waals surface area contributed by atoms with Crippen LogP contribution in [0.25, 0.3) is 0 Å². The van der Waals surface area contributed by atoms with E-state index in [1.807, 2.05) is 55.9 Å². The first-order chi connectivity index (χ1) is 14.7. The van der Waals surface area contributed by atoms with Crippen molar-refractivity contribution in [3.05, 3.63) is 47.8 Å². The minimum Gasteiger partial charge on any atom is -0.497 e. The molecule has 2 rings (SSSR count). The van der Waals surface area contributed by atoms with Crippen LogP contribution in [0.2, 0.25) is 18.1 Å². The molecule has 178 valence electrons. The predicted molar refractivity (Wildman–Crippen MR) is 137 cm³/mol. The Morgan fingerprint density at radius 2 is 1.75 bits per heavy atom. The molecule has 1 heterocycles. The average molecular weight is 478 g/mol. The van der Waals surface area contributed by atoms with Crippen molar-refractivity contribution in [2.45, 2.75) is 77.4 Å². The van der Waals surface area contributed by atoms with E-state index in [0.717, 1.165) is 22.6 Å². The first-order valence-corrected chi connectivity index (χ1v) is 15.0. The van der Waals surface area contributed by atoms with Gasteiger partial charge in [-0.1, -0.05) is 32.9 Å². The van der Waals surface area contributed by atoms with E-state index in [0.29, 0.717) is 19.6 Å². The van der Waals surface area contributed by atoms with Crippen LogP contribution in [0.4, 0.5) is 0 Å². The van der Waals surface area contributed by atoms with Crippen molar-refractivity contribution in [1.82, 2.24) is 9.78 Å². The lowest BCUT2D eigenvalue weighted by atomic mass is 10.0. The first kappa shape index (κ1) is 26.5. The molecule has 0 radical (unpaired) electrons. The van der Waals surface area contributed by atoms with Gasteiger partial charge in [-0.3, -0.25) is 4.68 Å². The van der Waals surface area contributed by atoms with Crippen molar-refractivity contribution in [3.8, 4) is 5.75 Å². The Labute approximate surface area is 197 Å². The zero-order valence-electron chi connectivity index (χ0n) is 21.1. The number of nitrogens with zero attached hydrogens (tertiary/aromatic N) is 3. The SMILES string of the molecule is COc1ccc(CC(=N[S@](=O)C(C)(C)C)c2cnn(CCO[Si](C)(C)C(C)(C)C)c2)cc1. The van der Waals surface area contributed by atoms with Crippen molar-refractivity contribution >= 4 is 25.0 Å². The van der Waals surface area contributed by atoms with Crippen molar-refractivity contribution in [1.29, 1.82) is 0 Å². The molecule has 0 aliphatic rings. The standard InChI is InChI=1S/C24H39N3O3SSi/c1-23(2,3)31(28)26-22(16-19-10-12-21(29-7)13-11-19)20-17-25-27(18-20)14-15-30-32(8,9)24(4,5)6/h10-13,17-18H,14-16H2,1-9H3/t31-/m1/s1. The van der Waals surface area contributed by atoms with Gasteiger partial charge >= 0.3 is 0 Å². The molecule has 0 fully saturated rings. The highest BCUT2D eigenvalue weighted by atomic mass is 32.2. The molecule has 0 saturated carbocycles. The van der Waals surface area contributed by atoms with Crippen molar-refractivity contribution < 1.29 is 13.4 Å². The van der Waals surface area contributed by atoms with Crippen LogP contribution in [0.15, 0.2) is 41.1 Å². The molecule has 0 unspecified atom stereocenters. The number of ether oxygens (including phenoxy) is 1. The highest BCUT2D eigenvalue weighted by molar-refractivity contribution is 7.85. The van der Waals surface area contributed by atoms with Gasteiger partial charge in [0.15, 0.2) is 8.32 Å². The minimum atomic E-state index is -1.79. The third-order valence-corrected chi connectivity index (χ3v) is 11.8. The number of benzene rings is 1. The molecule has 0 aliphatic carbocycles. The fraction of sp³-hybridized carbons (Fsp3) is 0.583. The lowest BCUT2D eigenvalue weighted by Crippen LogP contribution is -2.41. The molecule has 1 aromatic heterocycles. The Balaban J connectivity index is 2.20. The number of hydrogen-bond donors (Lipinski definition) is 0. The van der Waals surface area contributed by atoms with Gasteiger partial charge in [0.1, 0.15) is 16.7 Å². The van der Waals surface area contributed by atoms with Gasteiger partial charge in [-0.15, -0.1) is 0 Å². The highest BCUT2D eigenvalue weighted by Crippen LogP contribution is 2.36. The van der Waals surface area contributed by atoms with E-state index in [1.54, 1.807) is 13.3 Å². The van der Waals surface area contributed by atoms with Gasteiger partial charge in [0.05, 0.1) is 36.9 Å². The lowest BCUT2D eigenvalue weighted by Gasteiger charge is -2.36. The summed E-state index contributed by atoms with van der Waals surface area (Å²) in [6.07, 6.45) is 4.34. The summed E-state index contributed by atoms with van der Waals surface area (Å²) in [5, 5.41) is 4.69. The van der Waals surface area contributed by atoms with Crippen LogP contribution < -0.4 is 4.74 Å². The monoisotopic (exact) mass is 477 g/mol. The molecule has 0 saturated heterocycles. The Kier molecular flexibility index (Phi) is 8.64. The third kappa shape index (κ3) is 7.39. The minimum absolute atomic E-state index is 0.178. The second-order valence-electron chi connectivity index (χ2n) is 10.5. The van der Waals surface area contributed by atoms with Gasteiger partial charge in [-0.05, 0) is 56.6 Å². The Hall–Kier alpha value is -1.77. The Morgan fingerprint density at radius 3 is 2.28 bits per heavy atom. The fourth-order valence-corrected chi connectivity index (χ4v) is 4.29. The van der Waals surface area contributed by atoms with Gasteiger partial charge in [-0.25, -0.2) is 4.21 Å². The Morgan fingerprint density at radius 1 is 1.12 bits per heavy atom. The lowest BCUT2D eigenvalue weighted by molar-refractivity contribution is 0.266. The van der Waals surface area contributed by atoms with Crippen molar-refractivity contribution in [3.63, 3.8) is 0 Å².